The molecule has 0 amide bonds. The van der Waals surface area contributed by atoms with Crippen molar-refractivity contribution in [1.29, 1.82) is 0 Å². The van der Waals surface area contributed by atoms with E-state index in [2.05, 4.69) is 0 Å². The molecule has 114 valence electrons. The Balaban J connectivity index is 3.18. The largest absolute Gasteiger partial charge is 0.416 e. The first-order chi connectivity index (χ1) is 8.79. The second kappa shape index (κ2) is 5.27. The van der Waals surface area contributed by atoms with Crippen LogP contribution >= 0.6 is 0 Å². The van der Waals surface area contributed by atoms with Gasteiger partial charge in [0.1, 0.15) is 6.54 Å². The van der Waals surface area contributed by atoms with Gasteiger partial charge in [0.15, 0.2) is 0 Å². The van der Waals surface area contributed by atoms with Crippen molar-refractivity contribution in [3.05, 3.63) is 34.9 Å². The average molecular weight is 300 g/mol. The van der Waals surface area contributed by atoms with Crippen LogP contribution in [0.3, 0.4) is 0 Å². The summed E-state index contributed by atoms with van der Waals surface area (Å²) in [4.78, 5) is 0. The zero-order valence-electron chi connectivity index (χ0n) is 11.3. The lowest BCUT2D eigenvalue weighted by Gasteiger charge is -2.18. The Labute approximate surface area is 113 Å². The van der Waals surface area contributed by atoms with Gasteiger partial charge in [0.05, 0.1) is 16.7 Å². The van der Waals surface area contributed by atoms with E-state index in [4.69, 9.17) is 0 Å². The molecule has 0 saturated carbocycles. The molecule has 0 aliphatic heterocycles. The van der Waals surface area contributed by atoms with Crippen LogP contribution < -0.4 is 5.32 Å². The molecule has 1 nitrogen and oxygen atoms in total. The highest BCUT2D eigenvalue weighted by atomic mass is 19.4. The lowest BCUT2D eigenvalue weighted by molar-refractivity contribution is -0.731. The van der Waals surface area contributed by atoms with Crippen LogP contribution in [0.2, 0.25) is 0 Å². The Morgan fingerprint density at radius 3 is 1.50 bits per heavy atom. The summed E-state index contributed by atoms with van der Waals surface area (Å²) >= 11 is 0. The first-order valence-corrected chi connectivity index (χ1v) is 5.92. The molecule has 0 aliphatic rings. The van der Waals surface area contributed by atoms with Crippen molar-refractivity contribution < 1.29 is 31.7 Å². The van der Waals surface area contributed by atoms with Gasteiger partial charge >= 0.3 is 12.4 Å². The zero-order valence-corrected chi connectivity index (χ0v) is 11.3. The maximum atomic E-state index is 12.6. The molecular formula is C13H16F6N+. The highest BCUT2D eigenvalue weighted by molar-refractivity contribution is 5.33. The summed E-state index contributed by atoms with van der Waals surface area (Å²) in [5, 5.41) is 1.68. The van der Waals surface area contributed by atoms with Gasteiger partial charge in [0.25, 0.3) is 0 Å². The molecule has 0 saturated heterocycles. The minimum Gasteiger partial charge on any atom is -0.338 e. The van der Waals surface area contributed by atoms with Gasteiger partial charge in [0, 0.05) is 5.56 Å². The highest BCUT2D eigenvalue weighted by Gasteiger charge is 2.37. The number of hydrogen-bond acceptors (Lipinski definition) is 0. The SMILES string of the molecule is CC(C)(C)[NH2+]Cc1cc(C(F)(F)F)cc(C(F)(F)F)c1. The summed E-state index contributed by atoms with van der Waals surface area (Å²) in [5.74, 6) is 0. The molecule has 0 radical (unpaired) electrons. The summed E-state index contributed by atoms with van der Waals surface area (Å²) in [6, 6.07) is 1.66. The van der Waals surface area contributed by atoms with E-state index in [-0.39, 0.29) is 23.7 Å². The second-order valence-electron chi connectivity index (χ2n) is 5.69. The Hall–Kier alpha value is -1.24. The summed E-state index contributed by atoms with van der Waals surface area (Å²) in [6.07, 6.45) is -9.59. The van der Waals surface area contributed by atoms with Crippen LogP contribution in [0.25, 0.3) is 0 Å². The van der Waals surface area contributed by atoms with Crippen LogP contribution in [-0.2, 0) is 18.9 Å². The lowest BCUT2D eigenvalue weighted by Crippen LogP contribution is -2.92. The van der Waals surface area contributed by atoms with Crippen LogP contribution in [0.1, 0.15) is 37.5 Å². The highest BCUT2D eigenvalue weighted by Crippen LogP contribution is 2.36. The Morgan fingerprint density at radius 1 is 0.800 bits per heavy atom. The number of rotatable bonds is 2. The van der Waals surface area contributed by atoms with E-state index in [0.717, 1.165) is 12.1 Å². The third kappa shape index (κ3) is 5.03. The number of halogens is 6. The van der Waals surface area contributed by atoms with E-state index >= 15 is 0 Å². The van der Waals surface area contributed by atoms with Gasteiger partial charge in [-0.05, 0) is 39.0 Å². The second-order valence-corrected chi connectivity index (χ2v) is 5.69. The minimum absolute atomic E-state index is 0.00192. The zero-order chi connectivity index (χ0) is 15.8. The molecule has 1 aromatic rings. The first-order valence-electron chi connectivity index (χ1n) is 5.92. The molecule has 0 bridgehead atoms. The summed E-state index contributed by atoms with van der Waals surface area (Å²) < 4.78 is 75.8. The summed E-state index contributed by atoms with van der Waals surface area (Å²) in [5.41, 5.74) is -2.83. The predicted octanol–water partition coefficient (Wildman–Crippen LogP) is 3.59. The van der Waals surface area contributed by atoms with Crippen molar-refractivity contribution in [2.24, 2.45) is 0 Å². The van der Waals surface area contributed by atoms with Crippen LogP contribution in [0.15, 0.2) is 18.2 Å². The quantitative estimate of drug-likeness (QED) is 0.804. The minimum atomic E-state index is -4.79. The van der Waals surface area contributed by atoms with Crippen LogP contribution in [0.5, 0.6) is 0 Å². The molecule has 1 rings (SSSR count). The van der Waals surface area contributed by atoms with Crippen molar-refractivity contribution in [2.75, 3.05) is 0 Å². The van der Waals surface area contributed by atoms with Gasteiger partial charge in [-0.15, -0.1) is 0 Å². The summed E-state index contributed by atoms with van der Waals surface area (Å²) in [7, 11) is 0. The topological polar surface area (TPSA) is 16.6 Å². The first kappa shape index (κ1) is 16.8. The van der Waals surface area contributed by atoms with E-state index in [9.17, 15) is 26.3 Å². The third-order valence-corrected chi connectivity index (χ3v) is 2.60. The van der Waals surface area contributed by atoms with Gasteiger partial charge in [-0.1, -0.05) is 0 Å². The lowest BCUT2D eigenvalue weighted by atomic mass is 10.0. The molecule has 0 aromatic heterocycles. The van der Waals surface area contributed by atoms with Gasteiger partial charge in [-0.25, -0.2) is 0 Å². The van der Waals surface area contributed by atoms with E-state index in [1.807, 2.05) is 20.8 Å². The van der Waals surface area contributed by atoms with Gasteiger partial charge in [-0.2, -0.15) is 26.3 Å². The number of hydrogen-bond donors (Lipinski definition) is 1. The predicted molar refractivity (Wildman–Crippen MR) is 61.8 cm³/mol. The van der Waals surface area contributed by atoms with Gasteiger partial charge in [0.2, 0.25) is 0 Å². The van der Waals surface area contributed by atoms with Gasteiger partial charge in [-0.3, -0.25) is 0 Å². The number of alkyl halides is 6. The summed E-state index contributed by atoms with van der Waals surface area (Å²) in [6.45, 7) is 5.53. The molecule has 2 N–H and O–H groups in total. The Kier molecular flexibility index (Phi) is 4.43. The molecule has 0 atom stereocenters. The van der Waals surface area contributed by atoms with Crippen LogP contribution in [0, 0.1) is 0 Å². The molecule has 0 unspecified atom stereocenters. The van der Waals surface area contributed by atoms with E-state index in [1.54, 1.807) is 5.32 Å². The molecule has 7 heteroatoms. The fraction of sp³-hybridized carbons (Fsp3) is 0.538. The smallest absolute Gasteiger partial charge is 0.338 e. The molecule has 20 heavy (non-hydrogen) atoms. The van der Waals surface area contributed by atoms with Gasteiger partial charge < -0.3 is 5.32 Å². The van der Waals surface area contributed by atoms with Crippen molar-refractivity contribution in [2.45, 2.75) is 45.2 Å². The maximum absolute atomic E-state index is 12.6. The fourth-order valence-electron chi connectivity index (χ4n) is 1.56. The van der Waals surface area contributed by atoms with Crippen molar-refractivity contribution in [1.82, 2.24) is 0 Å². The molecule has 1 aromatic carbocycles. The molecule has 0 aliphatic carbocycles. The van der Waals surface area contributed by atoms with Crippen molar-refractivity contribution in [3.63, 3.8) is 0 Å². The molecule has 0 spiro atoms. The Morgan fingerprint density at radius 2 is 1.20 bits per heavy atom. The van der Waals surface area contributed by atoms with E-state index in [0.29, 0.717) is 0 Å². The number of quaternary nitrogens is 1. The number of nitrogens with two attached hydrogens (primary N) is 1. The monoisotopic (exact) mass is 300 g/mol. The van der Waals surface area contributed by atoms with E-state index < -0.39 is 23.5 Å². The van der Waals surface area contributed by atoms with Crippen LogP contribution in [0.4, 0.5) is 26.3 Å². The van der Waals surface area contributed by atoms with Crippen molar-refractivity contribution >= 4 is 0 Å². The molecular weight excluding hydrogens is 284 g/mol. The standard InChI is InChI=1S/C13H15F6N/c1-11(2,3)20-7-8-4-9(12(14,15)16)6-10(5-8)13(17,18)19/h4-6,20H,7H2,1-3H3/p+1. The third-order valence-electron chi connectivity index (χ3n) is 2.60. The normalized spacial score (nSPS) is 13.7. The Bertz CT molecular complexity index is 435. The molecule has 0 fully saturated rings. The number of benzene rings is 1. The van der Waals surface area contributed by atoms with Crippen molar-refractivity contribution in [3.8, 4) is 0 Å². The van der Waals surface area contributed by atoms with E-state index in [1.165, 1.54) is 0 Å². The maximum Gasteiger partial charge on any atom is 0.416 e. The van der Waals surface area contributed by atoms with Crippen LogP contribution in [-0.4, -0.2) is 5.54 Å². The fourth-order valence-corrected chi connectivity index (χ4v) is 1.56. The molecule has 0 heterocycles. The average Bonchev–Trinajstić information content (AvgIpc) is 2.22.